The van der Waals surface area contributed by atoms with Crippen LogP contribution in [0.1, 0.15) is 23.0 Å². The first-order valence-electron chi connectivity index (χ1n) is 9.28. The highest BCUT2D eigenvalue weighted by Crippen LogP contribution is 2.26. The van der Waals surface area contributed by atoms with Crippen molar-refractivity contribution in [1.82, 2.24) is 24.7 Å². The van der Waals surface area contributed by atoms with Gasteiger partial charge in [0.15, 0.2) is 5.82 Å². The van der Waals surface area contributed by atoms with E-state index in [4.69, 9.17) is 5.73 Å². The molecule has 4 rings (SSSR count). The van der Waals surface area contributed by atoms with Gasteiger partial charge in [-0.05, 0) is 32.4 Å². The minimum atomic E-state index is -0.00585. The summed E-state index contributed by atoms with van der Waals surface area (Å²) in [6.07, 6.45) is 0.372. The molecule has 28 heavy (non-hydrogen) atoms. The molecule has 0 saturated carbocycles. The number of nitrogens with two attached hydrogens (primary N) is 1. The molecule has 0 radical (unpaired) electrons. The average Bonchev–Trinajstić information content (AvgIpc) is 2.93. The Bertz CT molecular complexity index is 1040. The molecule has 144 valence electrons. The van der Waals surface area contributed by atoms with Crippen LogP contribution < -0.4 is 10.6 Å². The molecule has 3 aromatic rings. The van der Waals surface area contributed by atoms with Gasteiger partial charge in [0, 0.05) is 31.3 Å². The molecule has 1 aliphatic rings. The van der Waals surface area contributed by atoms with E-state index in [1.165, 1.54) is 0 Å². The number of rotatable bonds is 5. The molecule has 0 aliphatic carbocycles. The summed E-state index contributed by atoms with van der Waals surface area (Å²) in [7, 11) is 0. The molecule has 0 unspecified atom stereocenters. The number of nitrogen functional groups attached to an aromatic ring is 1. The summed E-state index contributed by atoms with van der Waals surface area (Å²) >= 11 is 0. The van der Waals surface area contributed by atoms with Gasteiger partial charge in [0.2, 0.25) is 0 Å². The number of anilines is 2. The van der Waals surface area contributed by atoms with Gasteiger partial charge >= 0.3 is 0 Å². The van der Waals surface area contributed by atoms with E-state index >= 15 is 0 Å². The van der Waals surface area contributed by atoms with Gasteiger partial charge in [-0.3, -0.25) is 4.79 Å². The molecule has 3 heterocycles. The van der Waals surface area contributed by atoms with Crippen molar-refractivity contribution < 1.29 is 4.79 Å². The summed E-state index contributed by atoms with van der Waals surface area (Å²) in [6, 6.07) is 9.41. The standard InChI is InChI=1S/C20H23N7O/c1-12-23-19(9-20(24-12)27-14(3)22-13(2)25-27)26-10-16(11-26)18(28)8-15-6-4-5-7-17(15)21/h4-7,9,16H,8,10-11,21H2,1-3H3. The molecule has 8 nitrogen and oxygen atoms in total. The van der Waals surface area contributed by atoms with Crippen LogP contribution >= 0.6 is 0 Å². The summed E-state index contributed by atoms with van der Waals surface area (Å²) in [5.74, 6) is 3.83. The molecule has 0 amide bonds. The second-order valence-corrected chi connectivity index (χ2v) is 7.19. The van der Waals surface area contributed by atoms with Crippen LogP contribution in [0.3, 0.4) is 0 Å². The number of carbonyl (C=O) groups excluding carboxylic acids is 1. The van der Waals surface area contributed by atoms with Gasteiger partial charge in [0.05, 0.1) is 5.92 Å². The van der Waals surface area contributed by atoms with Crippen molar-refractivity contribution in [2.75, 3.05) is 23.7 Å². The second-order valence-electron chi connectivity index (χ2n) is 7.19. The van der Waals surface area contributed by atoms with Crippen LogP contribution in [-0.4, -0.2) is 43.6 Å². The zero-order valence-electron chi connectivity index (χ0n) is 16.3. The van der Waals surface area contributed by atoms with Crippen LogP contribution in [0.4, 0.5) is 11.5 Å². The van der Waals surface area contributed by atoms with Crippen LogP contribution in [-0.2, 0) is 11.2 Å². The molecule has 2 aromatic heterocycles. The molecule has 1 fully saturated rings. The van der Waals surface area contributed by atoms with E-state index in [9.17, 15) is 4.79 Å². The van der Waals surface area contributed by atoms with Crippen molar-refractivity contribution in [3.8, 4) is 5.82 Å². The number of hydrogen-bond donors (Lipinski definition) is 1. The predicted molar refractivity (Wildman–Crippen MR) is 106 cm³/mol. The first-order chi connectivity index (χ1) is 13.4. The smallest absolute Gasteiger partial charge is 0.161 e. The van der Waals surface area contributed by atoms with Crippen molar-refractivity contribution in [1.29, 1.82) is 0 Å². The van der Waals surface area contributed by atoms with Crippen molar-refractivity contribution in [3.05, 3.63) is 53.4 Å². The number of nitrogens with zero attached hydrogens (tertiary/aromatic N) is 6. The maximum Gasteiger partial charge on any atom is 0.161 e. The predicted octanol–water partition coefficient (Wildman–Crippen LogP) is 1.81. The maximum absolute atomic E-state index is 12.6. The number of aryl methyl sites for hydroxylation is 3. The highest BCUT2D eigenvalue weighted by atomic mass is 16.1. The zero-order valence-corrected chi connectivity index (χ0v) is 16.3. The lowest BCUT2D eigenvalue weighted by Crippen LogP contribution is -2.51. The Morgan fingerprint density at radius 2 is 1.79 bits per heavy atom. The van der Waals surface area contributed by atoms with E-state index < -0.39 is 0 Å². The largest absolute Gasteiger partial charge is 0.398 e. The molecular formula is C20H23N7O. The molecule has 8 heteroatoms. The summed E-state index contributed by atoms with van der Waals surface area (Å²) < 4.78 is 1.72. The molecule has 0 spiro atoms. The summed E-state index contributed by atoms with van der Waals surface area (Å²) in [4.78, 5) is 28.0. The van der Waals surface area contributed by atoms with Crippen LogP contribution in [0.5, 0.6) is 0 Å². The lowest BCUT2D eigenvalue weighted by atomic mass is 9.90. The number of para-hydroxylation sites is 1. The van der Waals surface area contributed by atoms with Crippen LogP contribution in [0.2, 0.25) is 0 Å². The fraction of sp³-hybridized carbons (Fsp3) is 0.350. The minimum Gasteiger partial charge on any atom is -0.398 e. The molecule has 0 bridgehead atoms. The number of aromatic nitrogens is 5. The molecular weight excluding hydrogens is 354 g/mol. The highest BCUT2D eigenvalue weighted by Gasteiger charge is 2.33. The van der Waals surface area contributed by atoms with Gasteiger partial charge in [0.1, 0.15) is 29.1 Å². The van der Waals surface area contributed by atoms with Crippen molar-refractivity contribution in [3.63, 3.8) is 0 Å². The number of Topliss-reactive ketones (excluding diaryl/α,β-unsaturated/α-hetero) is 1. The number of benzene rings is 1. The van der Waals surface area contributed by atoms with E-state index in [1.54, 1.807) is 4.68 Å². The quantitative estimate of drug-likeness (QED) is 0.676. The van der Waals surface area contributed by atoms with E-state index in [0.717, 1.165) is 17.2 Å². The van der Waals surface area contributed by atoms with Gasteiger partial charge in [-0.1, -0.05) is 18.2 Å². The third kappa shape index (κ3) is 3.45. The second kappa shape index (κ2) is 7.03. The van der Waals surface area contributed by atoms with Crippen molar-refractivity contribution in [2.45, 2.75) is 27.2 Å². The Kier molecular flexibility index (Phi) is 4.54. The number of ketones is 1. The molecule has 0 atom stereocenters. The summed E-state index contributed by atoms with van der Waals surface area (Å²) in [5, 5.41) is 4.39. The van der Waals surface area contributed by atoms with Gasteiger partial charge in [-0.2, -0.15) is 4.68 Å². The molecule has 1 aliphatic heterocycles. The first kappa shape index (κ1) is 18.1. The van der Waals surface area contributed by atoms with Crippen LogP contribution in [0.15, 0.2) is 30.3 Å². The maximum atomic E-state index is 12.6. The minimum absolute atomic E-state index is 0.00585. The summed E-state index contributed by atoms with van der Waals surface area (Å²) in [6.45, 7) is 6.90. The van der Waals surface area contributed by atoms with E-state index in [-0.39, 0.29) is 11.7 Å². The van der Waals surface area contributed by atoms with Crippen LogP contribution in [0.25, 0.3) is 5.82 Å². The molecule has 1 saturated heterocycles. The number of carbonyl (C=O) groups is 1. The summed E-state index contributed by atoms with van der Waals surface area (Å²) in [5.41, 5.74) is 7.52. The number of hydrogen-bond acceptors (Lipinski definition) is 7. The fourth-order valence-electron chi connectivity index (χ4n) is 3.44. The van der Waals surface area contributed by atoms with Crippen molar-refractivity contribution in [2.24, 2.45) is 5.92 Å². The fourth-order valence-corrected chi connectivity index (χ4v) is 3.44. The lowest BCUT2D eigenvalue weighted by molar-refractivity contribution is -0.122. The third-order valence-corrected chi connectivity index (χ3v) is 4.98. The SMILES string of the molecule is Cc1nc(N2CC(C(=O)Cc3ccccc3N)C2)cc(-n2nc(C)nc2C)n1. The van der Waals surface area contributed by atoms with Crippen LogP contribution in [0, 0.1) is 26.7 Å². The Balaban J connectivity index is 1.46. The van der Waals surface area contributed by atoms with Gasteiger partial charge < -0.3 is 10.6 Å². The topological polar surface area (TPSA) is 103 Å². The van der Waals surface area contributed by atoms with E-state index in [0.29, 0.717) is 42.7 Å². The molecule has 1 aromatic carbocycles. The monoisotopic (exact) mass is 377 g/mol. The zero-order chi connectivity index (χ0) is 19.8. The lowest BCUT2D eigenvalue weighted by Gasteiger charge is -2.39. The average molecular weight is 377 g/mol. The third-order valence-electron chi connectivity index (χ3n) is 4.98. The molecule has 2 N–H and O–H groups in total. The highest BCUT2D eigenvalue weighted by molar-refractivity contribution is 5.87. The Labute approximate surface area is 163 Å². The Morgan fingerprint density at radius 3 is 2.46 bits per heavy atom. The van der Waals surface area contributed by atoms with Crippen molar-refractivity contribution >= 4 is 17.3 Å². The van der Waals surface area contributed by atoms with Gasteiger partial charge in [-0.25, -0.2) is 15.0 Å². The van der Waals surface area contributed by atoms with Gasteiger partial charge in [0.25, 0.3) is 0 Å². The van der Waals surface area contributed by atoms with E-state index in [1.807, 2.05) is 51.1 Å². The van der Waals surface area contributed by atoms with E-state index in [2.05, 4.69) is 25.0 Å². The van der Waals surface area contributed by atoms with Gasteiger partial charge in [-0.15, -0.1) is 5.10 Å². The normalized spacial score (nSPS) is 14.2. The Morgan fingerprint density at radius 1 is 1.07 bits per heavy atom. The Hall–Kier alpha value is -3.29. The first-order valence-corrected chi connectivity index (χ1v) is 9.28.